The maximum absolute atomic E-state index is 12.0. The number of urea groups is 1. The Bertz CT molecular complexity index is 727. The minimum absolute atomic E-state index is 0.0164. The van der Waals surface area contributed by atoms with Gasteiger partial charge >= 0.3 is 6.03 Å². The van der Waals surface area contributed by atoms with E-state index in [-0.39, 0.29) is 37.2 Å². The van der Waals surface area contributed by atoms with Crippen molar-refractivity contribution in [3.63, 3.8) is 0 Å². The third-order valence-electron chi connectivity index (χ3n) is 4.89. The van der Waals surface area contributed by atoms with Gasteiger partial charge in [0.15, 0.2) is 0 Å². The predicted octanol–water partition coefficient (Wildman–Crippen LogP) is 0.895. The molecule has 9 heteroatoms. The molecule has 1 atom stereocenters. The van der Waals surface area contributed by atoms with Crippen LogP contribution < -0.4 is 21.3 Å². The summed E-state index contributed by atoms with van der Waals surface area (Å²) in [6.07, 6.45) is 2.52. The van der Waals surface area contributed by atoms with Gasteiger partial charge in [0.2, 0.25) is 17.7 Å². The van der Waals surface area contributed by atoms with Crippen molar-refractivity contribution in [2.24, 2.45) is 5.92 Å². The van der Waals surface area contributed by atoms with Gasteiger partial charge in [-0.3, -0.25) is 19.3 Å². The highest BCUT2D eigenvalue weighted by atomic mass is 16.2. The number of nitrogens with zero attached hydrogens (tertiary/aromatic N) is 1. The van der Waals surface area contributed by atoms with Crippen molar-refractivity contribution in [2.75, 3.05) is 36.8 Å². The first-order valence-electron chi connectivity index (χ1n) is 9.50. The van der Waals surface area contributed by atoms with Crippen LogP contribution in [-0.4, -0.2) is 54.8 Å². The van der Waals surface area contributed by atoms with Crippen molar-refractivity contribution in [2.45, 2.75) is 25.7 Å². The number of anilines is 2. The molecule has 5 amide bonds. The summed E-state index contributed by atoms with van der Waals surface area (Å²) in [7, 11) is 0. The van der Waals surface area contributed by atoms with Crippen LogP contribution in [0.3, 0.4) is 0 Å². The maximum atomic E-state index is 12.0. The number of carbonyl (C=O) groups excluding carboxylic acids is 4. The highest BCUT2D eigenvalue weighted by molar-refractivity contribution is 6.02. The number of amides is 5. The second kappa shape index (κ2) is 9.32. The first-order valence-corrected chi connectivity index (χ1v) is 9.50. The lowest BCUT2D eigenvalue weighted by Gasteiger charge is -2.12. The van der Waals surface area contributed by atoms with Crippen molar-refractivity contribution in [3.05, 3.63) is 24.3 Å². The Kier molecular flexibility index (Phi) is 6.59. The zero-order chi connectivity index (χ0) is 19.9. The molecule has 1 unspecified atom stereocenters. The smallest absolute Gasteiger partial charge is 0.324 e. The minimum Gasteiger partial charge on any atom is -0.329 e. The van der Waals surface area contributed by atoms with Crippen LogP contribution in [0.2, 0.25) is 0 Å². The van der Waals surface area contributed by atoms with Crippen LogP contribution >= 0.6 is 0 Å². The Morgan fingerprint density at radius 2 is 1.68 bits per heavy atom. The fraction of sp³-hybridized carbons (Fsp3) is 0.474. The van der Waals surface area contributed by atoms with Gasteiger partial charge in [-0.2, -0.15) is 0 Å². The zero-order valence-electron chi connectivity index (χ0n) is 15.6. The van der Waals surface area contributed by atoms with Gasteiger partial charge in [0.1, 0.15) is 0 Å². The van der Waals surface area contributed by atoms with E-state index in [1.807, 2.05) is 0 Å². The average molecular weight is 387 g/mol. The summed E-state index contributed by atoms with van der Waals surface area (Å²) in [6, 6.07) is 6.37. The van der Waals surface area contributed by atoms with Crippen molar-refractivity contribution < 1.29 is 19.2 Å². The Morgan fingerprint density at radius 3 is 2.21 bits per heavy atom. The van der Waals surface area contributed by atoms with E-state index >= 15 is 0 Å². The summed E-state index contributed by atoms with van der Waals surface area (Å²) in [5.74, 6) is -0.0703. The van der Waals surface area contributed by atoms with Crippen LogP contribution in [0.4, 0.5) is 16.2 Å². The number of carbonyl (C=O) groups is 4. The van der Waals surface area contributed by atoms with Crippen molar-refractivity contribution in [3.8, 4) is 0 Å². The fourth-order valence-corrected chi connectivity index (χ4v) is 3.27. The maximum Gasteiger partial charge on any atom is 0.324 e. The Balaban J connectivity index is 1.39. The first kappa shape index (κ1) is 19.8. The standard InChI is InChI=1S/C19H25N5O4/c25-16(6-1-13-7-9-20-11-13)22-14-2-4-15(5-3-14)23-17(26)8-10-24-18(27)12-21-19(24)28/h2-5,13,20H,1,6-12H2,(H,21,28)(H,22,25)(H,23,26). The van der Waals surface area contributed by atoms with E-state index in [1.165, 1.54) is 0 Å². The predicted molar refractivity (Wildman–Crippen MR) is 104 cm³/mol. The molecule has 0 bridgehead atoms. The molecule has 1 aromatic rings. The van der Waals surface area contributed by atoms with Gasteiger partial charge in [0, 0.05) is 30.8 Å². The normalized spacial score (nSPS) is 18.9. The number of hydrogen-bond donors (Lipinski definition) is 4. The molecule has 0 aromatic heterocycles. The van der Waals surface area contributed by atoms with Gasteiger partial charge < -0.3 is 21.3 Å². The van der Waals surface area contributed by atoms with Gasteiger partial charge in [-0.15, -0.1) is 0 Å². The van der Waals surface area contributed by atoms with Gasteiger partial charge in [-0.1, -0.05) is 0 Å². The third kappa shape index (κ3) is 5.53. The molecule has 0 saturated carbocycles. The van der Waals surface area contributed by atoms with Crippen molar-refractivity contribution in [1.29, 1.82) is 0 Å². The van der Waals surface area contributed by atoms with E-state index in [2.05, 4.69) is 21.3 Å². The SMILES string of the molecule is O=C(CCC1CCNC1)Nc1ccc(NC(=O)CCN2C(=O)CNC2=O)cc1. The zero-order valence-corrected chi connectivity index (χ0v) is 15.6. The lowest BCUT2D eigenvalue weighted by Crippen LogP contribution is -2.33. The van der Waals surface area contributed by atoms with E-state index in [0.29, 0.717) is 23.7 Å². The van der Waals surface area contributed by atoms with E-state index in [4.69, 9.17) is 0 Å². The summed E-state index contributed by atoms with van der Waals surface area (Å²) in [5, 5.41) is 11.3. The summed E-state index contributed by atoms with van der Waals surface area (Å²) >= 11 is 0. The molecule has 0 radical (unpaired) electrons. The number of rotatable bonds is 8. The molecule has 2 aliphatic heterocycles. The summed E-state index contributed by atoms with van der Waals surface area (Å²) in [6.45, 7) is 2.03. The largest absolute Gasteiger partial charge is 0.329 e. The van der Waals surface area contributed by atoms with E-state index in [1.54, 1.807) is 24.3 Å². The number of benzene rings is 1. The lowest BCUT2D eigenvalue weighted by atomic mass is 10.0. The monoisotopic (exact) mass is 387 g/mol. The highest BCUT2D eigenvalue weighted by Gasteiger charge is 2.28. The molecule has 150 valence electrons. The van der Waals surface area contributed by atoms with Gasteiger partial charge in [0.25, 0.3) is 0 Å². The molecule has 0 spiro atoms. The molecule has 1 aromatic carbocycles. The number of imide groups is 1. The molecular formula is C19H25N5O4. The van der Waals surface area contributed by atoms with E-state index in [9.17, 15) is 19.2 Å². The second-order valence-electron chi connectivity index (χ2n) is 7.03. The van der Waals surface area contributed by atoms with Crippen LogP contribution in [0.25, 0.3) is 0 Å². The summed E-state index contributed by atoms with van der Waals surface area (Å²) < 4.78 is 0. The van der Waals surface area contributed by atoms with Crippen molar-refractivity contribution >= 4 is 35.1 Å². The van der Waals surface area contributed by atoms with Gasteiger partial charge in [-0.25, -0.2) is 4.79 Å². The Morgan fingerprint density at radius 1 is 1.04 bits per heavy atom. The Labute approximate surface area is 163 Å². The number of hydrogen-bond acceptors (Lipinski definition) is 5. The molecule has 2 fully saturated rings. The molecule has 28 heavy (non-hydrogen) atoms. The summed E-state index contributed by atoms with van der Waals surface area (Å²) in [5.41, 5.74) is 1.25. The highest BCUT2D eigenvalue weighted by Crippen LogP contribution is 2.17. The minimum atomic E-state index is -0.470. The van der Waals surface area contributed by atoms with Crippen LogP contribution in [0.15, 0.2) is 24.3 Å². The molecule has 4 N–H and O–H groups in total. The van der Waals surface area contributed by atoms with Crippen LogP contribution in [0.1, 0.15) is 25.7 Å². The van der Waals surface area contributed by atoms with Gasteiger partial charge in [0.05, 0.1) is 6.54 Å². The molecular weight excluding hydrogens is 362 g/mol. The van der Waals surface area contributed by atoms with Gasteiger partial charge in [-0.05, 0) is 56.1 Å². The fourth-order valence-electron chi connectivity index (χ4n) is 3.27. The summed E-state index contributed by atoms with van der Waals surface area (Å²) in [4.78, 5) is 48.0. The molecule has 9 nitrogen and oxygen atoms in total. The molecule has 0 aliphatic carbocycles. The quantitative estimate of drug-likeness (QED) is 0.494. The third-order valence-corrected chi connectivity index (χ3v) is 4.89. The lowest BCUT2D eigenvalue weighted by molar-refractivity contribution is -0.125. The Hall–Kier alpha value is -2.94. The molecule has 2 saturated heterocycles. The van der Waals surface area contributed by atoms with Crippen LogP contribution in [0.5, 0.6) is 0 Å². The molecule has 2 heterocycles. The molecule has 3 rings (SSSR count). The van der Waals surface area contributed by atoms with E-state index in [0.717, 1.165) is 30.8 Å². The first-order chi connectivity index (χ1) is 13.5. The molecule has 2 aliphatic rings. The number of nitrogens with one attached hydrogen (secondary N) is 4. The van der Waals surface area contributed by atoms with E-state index < -0.39 is 6.03 Å². The average Bonchev–Trinajstić information content (AvgIpc) is 3.30. The van der Waals surface area contributed by atoms with Crippen molar-refractivity contribution in [1.82, 2.24) is 15.5 Å². The van der Waals surface area contributed by atoms with Crippen LogP contribution in [-0.2, 0) is 14.4 Å². The topological polar surface area (TPSA) is 120 Å². The van der Waals surface area contributed by atoms with Crippen LogP contribution in [0, 0.1) is 5.92 Å². The second-order valence-corrected chi connectivity index (χ2v) is 7.03.